The van der Waals surface area contributed by atoms with Gasteiger partial charge in [-0.2, -0.15) is 0 Å². The van der Waals surface area contributed by atoms with Gasteiger partial charge < -0.3 is 13.9 Å². The number of amides is 1. The van der Waals surface area contributed by atoms with Crippen LogP contribution in [-0.2, 0) is 4.79 Å². The summed E-state index contributed by atoms with van der Waals surface area (Å²) >= 11 is 1.29. The van der Waals surface area contributed by atoms with Crippen LogP contribution < -0.4 is 4.90 Å². The monoisotopic (exact) mass is 392 g/mol. The Morgan fingerprint density at radius 2 is 1.86 bits per heavy atom. The number of rotatable bonds is 4. The number of furan rings is 2. The first-order valence-corrected chi connectivity index (χ1v) is 9.20. The van der Waals surface area contributed by atoms with Crippen LogP contribution >= 0.6 is 11.3 Å². The number of aromatic nitrogens is 1. The Hall–Kier alpha value is -3.65. The zero-order valence-electron chi connectivity index (χ0n) is 14.2. The van der Waals surface area contributed by atoms with Gasteiger partial charge in [0.15, 0.2) is 16.7 Å². The highest BCUT2D eigenvalue weighted by molar-refractivity contribution is 7.22. The molecule has 138 valence electrons. The lowest BCUT2D eigenvalue weighted by molar-refractivity contribution is -0.117. The highest BCUT2D eigenvalue weighted by atomic mass is 32.1. The van der Waals surface area contributed by atoms with E-state index in [9.17, 15) is 14.7 Å². The first-order chi connectivity index (χ1) is 13.6. The Labute approximate surface area is 162 Å². The molecular formula is C20H12N2O5S. The fourth-order valence-electron chi connectivity index (χ4n) is 3.25. The largest absolute Gasteiger partial charge is 0.503 e. The zero-order chi connectivity index (χ0) is 19.3. The van der Waals surface area contributed by atoms with Crippen LogP contribution in [0, 0.1) is 0 Å². The van der Waals surface area contributed by atoms with Crippen LogP contribution in [-0.4, -0.2) is 21.8 Å². The molecule has 3 aromatic heterocycles. The molecule has 1 aromatic carbocycles. The number of carbonyl (C=O) groups is 2. The molecule has 0 spiro atoms. The normalized spacial score (nSPS) is 17.1. The van der Waals surface area contributed by atoms with E-state index in [1.807, 2.05) is 24.3 Å². The summed E-state index contributed by atoms with van der Waals surface area (Å²) < 4.78 is 11.6. The second-order valence-corrected chi connectivity index (χ2v) is 7.14. The highest BCUT2D eigenvalue weighted by Gasteiger charge is 2.47. The minimum Gasteiger partial charge on any atom is -0.503 e. The highest BCUT2D eigenvalue weighted by Crippen LogP contribution is 2.44. The molecule has 0 aliphatic carbocycles. The van der Waals surface area contributed by atoms with Crippen LogP contribution in [0.5, 0.6) is 0 Å². The number of Topliss-reactive ketones (excluding diaryl/α,β-unsaturated/α-hetero) is 1. The summed E-state index contributed by atoms with van der Waals surface area (Å²) in [6, 6.07) is 12.8. The van der Waals surface area contributed by atoms with Crippen LogP contribution in [0.1, 0.15) is 22.4 Å². The van der Waals surface area contributed by atoms with Gasteiger partial charge in [0.25, 0.3) is 5.91 Å². The zero-order valence-corrected chi connectivity index (χ0v) is 15.1. The summed E-state index contributed by atoms with van der Waals surface area (Å²) in [5.41, 5.74) is 0.618. The Morgan fingerprint density at radius 1 is 1.07 bits per heavy atom. The summed E-state index contributed by atoms with van der Waals surface area (Å²) in [6.07, 6.45) is 2.80. The molecule has 1 atom stereocenters. The minimum atomic E-state index is -0.944. The summed E-state index contributed by atoms with van der Waals surface area (Å²) in [6.45, 7) is 0. The predicted molar refractivity (Wildman–Crippen MR) is 101 cm³/mol. The molecular weight excluding hydrogens is 380 g/mol. The van der Waals surface area contributed by atoms with E-state index in [-0.39, 0.29) is 11.3 Å². The number of benzene rings is 1. The first-order valence-electron chi connectivity index (χ1n) is 8.39. The van der Waals surface area contributed by atoms with E-state index in [0.29, 0.717) is 10.9 Å². The molecule has 0 saturated heterocycles. The van der Waals surface area contributed by atoms with Crippen molar-refractivity contribution in [2.75, 3.05) is 4.90 Å². The number of carbonyl (C=O) groups excluding carboxylic acids is 2. The third-order valence-corrected chi connectivity index (χ3v) is 5.53. The fourth-order valence-corrected chi connectivity index (χ4v) is 4.25. The van der Waals surface area contributed by atoms with Gasteiger partial charge in [0.1, 0.15) is 11.8 Å². The predicted octanol–water partition coefficient (Wildman–Crippen LogP) is 4.27. The van der Waals surface area contributed by atoms with Gasteiger partial charge in [0.05, 0.1) is 28.3 Å². The number of anilines is 1. The Kier molecular flexibility index (Phi) is 3.66. The Morgan fingerprint density at radius 3 is 2.57 bits per heavy atom. The van der Waals surface area contributed by atoms with Gasteiger partial charge in [-0.3, -0.25) is 14.5 Å². The summed E-state index contributed by atoms with van der Waals surface area (Å²) in [5.74, 6) is -1.57. The molecule has 4 aromatic rings. The van der Waals surface area contributed by atoms with E-state index in [2.05, 4.69) is 4.98 Å². The molecule has 1 aliphatic heterocycles. The molecule has 8 heteroatoms. The smallest absolute Gasteiger partial charge is 0.296 e. The molecule has 0 radical (unpaired) electrons. The van der Waals surface area contributed by atoms with Crippen LogP contribution in [0.3, 0.4) is 0 Å². The number of hydrogen-bond acceptors (Lipinski definition) is 7. The van der Waals surface area contributed by atoms with E-state index >= 15 is 0 Å². The lowest BCUT2D eigenvalue weighted by Gasteiger charge is -2.21. The van der Waals surface area contributed by atoms with Crippen molar-refractivity contribution >= 4 is 38.4 Å². The van der Waals surface area contributed by atoms with Crippen molar-refractivity contribution in [2.45, 2.75) is 6.04 Å². The average Bonchev–Trinajstić information content (AvgIpc) is 3.49. The fraction of sp³-hybridized carbons (Fsp3) is 0.0500. The third kappa shape index (κ3) is 2.39. The summed E-state index contributed by atoms with van der Waals surface area (Å²) in [7, 11) is 0. The van der Waals surface area contributed by atoms with Crippen molar-refractivity contribution in [2.24, 2.45) is 0 Å². The molecule has 1 unspecified atom stereocenters. The third-order valence-electron chi connectivity index (χ3n) is 4.50. The summed E-state index contributed by atoms with van der Waals surface area (Å²) in [5, 5.41) is 10.9. The van der Waals surface area contributed by atoms with Crippen LogP contribution in [0.25, 0.3) is 10.2 Å². The van der Waals surface area contributed by atoms with Crippen molar-refractivity contribution in [3.05, 3.63) is 83.9 Å². The number of nitrogens with zero attached hydrogens (tertiary/aromatic N) is 2. The standard InChI is InChI=1S/C20H12N2O5S/c23-17(13-7-4-10-27-13)15-16(12-6-3-9-26-12)22(19(25)18(15)24)20-21-11-5-1-2-8-14(11)28-20/h1-10,16,24H. The van der Waals surface area contributed by atoms with Crippen molar-refractivity contribution in [1.82, 2.24) is 4.98 Å². The lowest BCUT2D eigenvalue weighted by atomic mass is 10.00. The van der Waals surface area contributed by atoms with E-state index in [0.717, 1.165) is 10.2 Å². The molecule has 4 heterocycles. The minimum absolute atomic E-state index is 0.0251. The maximum Gasteiger partial charge on any atom is 0.296 e. The van der Waals surface area contributed by atoms with Crippen LogP contribution in [0.2, 0.25) is 0 Å². The molecule has 7 nitrogen and oxygen atoms in total. The Balaban J connectivity index is 1.67. The number of aliphatic hydroxyl groups is 1. The van der Waals surface area contributed by atoms with Gasteiger partial charge in [-0.25, -0.2) is 4.98 Å². The molecule has 0 bridgehead atoms. The van der Waals surface area contributed by atoms with Gasteiger partial charge in [0, 0.05) is 0 Å². The molecule has 28 heavy (non-hydrogen) atoms. The molecule has 0 saturated carbocycles. The van der Waals surface area contributed by atoms with Gasteiger partial charge in [-0.1, -0.05) is 23.5 Å². The first kappa shape index (κ1) is 16.5. The maximum atomic E-state index is 13.0. The molecule has 1 aliphatic rings. The number of para-hydroxylation sites is 1. The van der Waals surface area contributed by atoms with Crippen molar-refractivity contribution in [3.63, 3.8) is 0 Å². The molecule has 1 N–H and O–H groups in total. The van der Waals surface area contributed by atoms with Gasteiger partial charge in [-0.05, 0) is 36.4 Å². The van der Waals surface area contributed by atoms with Gasteiger partial charge in [-0.15, -0.1) is 0 Å². The van der Waals surface area contributed by atoms with Crippen molar-refractivity contribution in [3.8, 4) is 0 Å². The van der Waals surface area contributed by atoms with Gasteiger partial charge >= 0.3 is 0 Å². The Bertz CT molecular complexity index is 1190. The number of hydrogen-bond donors (Lipinski definition) is 1. The van der Waals surface area contributed by atoms with Crippen molar-refractivity contribution in [1.29, 1.82) is 0 Å². The second-order valence-electron chi connectivity index (χ2n) is 6.13. The maximum absolute atomic E-state index is 13.0. The SMILES string of the molecule is O=C(C1=C(O)C(=O)N(c2nc3ccccc3s2)C1c1ccco1)c1ccco1. The van der Waals surface area contributed by atoms with E-state index in [1.165, 1.54) is 34.8 Å². The van der Waals surface area contributed by atoms with E-state index in [1.54, 1.807) is 18.2 Å². The molecule has 0 fully saturated rings. The van der Waals surface area contributed by atoms with Crippen molar-refractivity contribution < 1.29 is 23.5 Å². The van der Waals surface area contributed by atoms with Crippen LogP contribution in [0.4, 0.5) is 5.13 Å². The average molecular weight is 392 g/mol. The molecule has 5 rings (SSSR count). The topological polar surface area (TPSA) is 96.8 Å². The van der Waals surface area contributed by atoms with E-state index < -0.39 is 23.5 Å². The number of fused-ring (bicyclic) bond motifs is 1. The number of ketones is 1. The lowest BCUT2D eigenvalue weighted by Crippen LogP contribution is -2.30. The van der Waals surface area contributed by atoms with Crippen LogP contribution in [0.15, 0.2) is 81.2 Å². The molecule has 1 amide bonds. The van der Waals surface area contributed by atoms with E-state index in [4.69, 9.17) is 8.83 Å². The number of aliphatic hydroxyl groups excluding tert-OH is 1. The van der Waals surface area contributed by atoms with Gasteiger partial charge in [0.2, 0.25) is 5.78 Å². The summed E-state index contributed by atoms with van der Waals surface area (Å²) in [4.78, 5) is 31.7. The number of thiazole rings is 1. The second kappa shape index (κ2) is 6.21. The quantitative estimate of drug-likeness (QED) is 0.521.